The van der Waals surface area contributed by atoms with Crippen LogP contribution in [0.2, 0.25) is 0 Å². The van der Waals surface area contributed by atoms with Gasteiger partial charge in [0.1, 0.15) is 0 Å². The van der Waals surface area contributed by atoms with Gasteiger partial charge in [-0.1, -0.05) is 13.8 Å². The van der Waals surface area contributed by atoms with Crippen LogP contribution >= 0.6 is 15.9 Å². The van der Waals surface area contributed by atoms with Crippen LogP contribution in [-0.2, 0) is 10.0 Å². The standard InChI is InChI=1S/C14H20BrNO4S/c1-9(2)8-16(10(3)4)21(19,20)11-5-6-13(15)12(7-11)14(17)18/h5-7,9-10H,8H2,1-4H3,(H,17,18). The molecule has 5 nitrogen and oxygen atoms in total. The molecule has 1 N–H and O–H groups in total. The van der Waals surface area contributed by atoms with Gasteiger partial charge in [0, 0.05) is 17.1 Å². The first-order valence-electron chi connectivity index (χ1n) is 6.62. The third kappa shape index (κ3) is 4.28. The van der Waals surface area contributed by atoms with Crippen LogP contribution in [0.1, 0.15) is 38.1 Å². The van der Waals surface area contributed by atoms with Crippen LogP contribution in [0, 0.1) is 5.92 Å². The van der Waals surface area contributed by atoms with Crippen LogP contribution in [0.25, 0.3) is 0 Å². The Morgan fingerprint density at radius 2 is 1.86 bits per heavy atom. The number of hydrogen-bond acceptors (Lipinski definition) is 3. The van der Waals surface area contributed by atoms with Crippen molar-refractivity contribution in [1.82, 2.24) is 4.31 Å². The van der Waals surface area contributed by atoms with E-state index in [9.17, 15) is 13.2 Å². The Labute approximate surface area is 134 Å². The van der Waals surface area contributed by atoms with E-state index < -0.39 is 16.0 Å². The molecule has 118 valence electrons. The fraction of sp³-hybridized carbons (Fsp3) is 0.500. The lowest BCUT2D eigenvalue weighted by atomic mass is 10.2. The topological polar surface area (TPSA) is 74.7 Å². The lowest BCUT2D eigenvalue weighted by molar-refractivity contribution is 0.0695. The smallest absolute Gasteiger partial charge is 0.336 e. The second kappa shape index (κ2) is 6.89. The number of aromatic carboxylic acids is 1. The molecule has 1 rings (SSSR count). The van der Waals surface area contributed by atoms with Crippen LogP contribution < -0.4 is 0 Å². The van der Waals surface area contributed by atoms with Gasteiger partial charge in [-0.3, -0.25) is 0 Å². The molecule has 0 amide bonds. The highest BCUT2D eigenvalue weighted by Gasteiger charge is 2.28. The molecular formula is C14H20BrNO4S. The number of sulfonamides is 1. The molecule has 0 saturated carbocycles. The van der Waals surface area contributed by atoms with Crippen molar-refractivity contribution in [2.75, 3.05) is 6.54 Å². The number of carboxylic acids is 1. The number of carbonyl (C=O) groups is 1. The molecule has 0 bridgehead atoms. The summed E-state index contributed by atoms with van der Waals surface area (Å²) in [6.07, 6.45) is 0. The fourth-order valence-corrected chi connectivity index (χ4v) is 4.15. The Bertz CT molecular complexity index is 626. The molecule has 0 saturated heterocycles. The molecule has 1 aromatic carbocycles. The Hall–Kier alpha value is -0.920. The van der Waals surface area contributed by atoms with E-state index in [1.54, 1.807) is 13.8 Å². The number of nitrogens with zero attached hydrogens (tertiary/aromatic N) is 1. The maximum Gasteiger partial charge on any atom is 0.336 e. The third-order valence-electron chi connectivity index (χ3n) is 2.90. The summed E-state index contributed by atoms with van der Waals surface area (Å²) in [7, 11) is -3.72. The van der Waals surface area contributed by atoms with E-state index in [-0.39, 0.29) is 22.4 Å². The normalized spacial score (nSPS) is 12.4. The summed E-state index contributed by atoms with van der Waals surface area (Å²) < 4.78 is 27.2. The highest BCUT2D eigenvalue weighted by atomic mass is 79.9. The van der Waals surface area contributed by atoms with E-state index in [0.717, 1.165) is 0 Å². The van der Waals surface area contributed by atoms with E-state index in [4.69, 9.17) is 5.11 Å². The fourth-order valence-electron chi connectivity index (χ4n) is 1.91. The first-order valence-corrected chi connectivity index (χ1v) is 8.85. The van der Waals surface area contributed by atoms with Crippen LogP contribution in [-0.4, -0.2) is 36.4 Å². The summed E-state index contributed by atoms with van der Waals surface area (Å²) >= 11 is 3.11. The minimum Gasteiger partial charge on any atom is -0.478 e. The van der Waals surface area contributed by atoms with Gasteiger partial charge in [0.05, 0.1) is 10.5 Å². The second-order valence-electron chi connectivity index (χ2n) is 5.51. The zero-order valence-corrected chi connectivity index (χ0v) is 14.9. The van der Waals surface area contributed by atoms with Crippen molar-refractivity contribution >= 4 is 31.9 Å². The largest absolute Gasteiger partial charge is 0.478 e. The van der Waals surface area contributed by atoms with Gasteiger partial charge in [-0.25, -0.2) is 13.2 Å². The molecule has 0 unspecified atom stereocenters. The molecule has 21 heavy (non-hydrogen) atoms. The number of halogens is 1. The lowest BCUT2D eigenvalue weighted by Gasteiger charge is -2.27. The second-order valence-corrected chi connectivity index (χ2v) is 8.25. The quantitative estimate of drug-likeness (QED) is 0.825. The third-order valence-corrected chi connectivity index (χ3v) is 5.63. The average Bonchev–Trinajstić information content (AvgIpc) is 2.35. The summed E-state index contributed by atoms with van der Waals surface area (Å²) in [5.41, 5.74) is -0.0654. The molecule has 0 fully saturated rings. The number of carboxylic acid groups (broad SMARTS) is 1. The van der Waals surface area contributed by atoms with E-state index in [2.05, 4.69) is 15.9 Å². The summed E-state index contributed by atoms with van der Waals surface area (Å²) in [5.74, 6) is -0.990. The minimum absolute atomic E-state index is 0.00236. The summed E-state index contributed by atoms with van der Waals surface area (Å²) in [6.45, 7) is 7.87. The predicted octanol–water partition coefficient (Wildman–Crippen LogP) is 3.20. The first-order chi connectivity index (χ1) is 9.57. The maximum atomic E-state index is 12.7. The van der Waals surface area contributed by atoms with E-state index in [1.807, 2.05) is 13.8 Å². The molecule has 0 atom stereocenters. The van der Waals surface area contributed by atoms with Crippen molar-refractivity contribution in [3.63, 3.8) is 0 Å². The molecule has 0 aliphatic heterocycles. The molecule has 0 radical (unpaired) electrons. The van der Waals surface area contributed by atoms with E-state index in [0.29, 0.717) is 11.0 Å². The van der Waals surface area contributed by atoms with Gasteiger partial charge < -0.3 is 5.11 Å². The summed E-state index contributed by atoms with van der Waals surface area (Å²) in [6, 6.07) is 3.86. The van der Waals surface area contributed by atoms with Crippen molar-refractivity contribution in [3.8, 4) is 0 Å². The molecule has 0 heterocycles. The number of benzene rings is 1. The molecular weight excluding hydrogens is 358 g/mol. The highest BCUT2D eigenvalue weighted by molar-refractivity contribution is 9.10. The van der Waals surface area contributed by atoms with Crippen molar-refractivity contribution in [2.45, 2.75) is 38.6 Å². The molecule has 0 spiro atoms. The average molecular weight is 378 g/mol. The van der Waals surface area contributed by atoms with Gasteiger partial charge in [0.2, 0.25) is 10.0 Å². The first kappa shape index (κ1) is 18.1. The van der Waals surface area contributed by atoms with Gasteiger partial charge in [0.25, 0.3) is 0 Å². The van der Waals surface area contributed by atoms with Crippen molar-refractivity contribution in [3.05, 3.63) is 28.2 Å². The number of hydrogen-bond donors (Lipinski definition) is 1. The molecule has 0 aliphatic rings. The van der Waals surface area contributed by atoms with Gasteiger partial charge in [-0.15, -0.1) is 0 Å². The monoisotopic (exact) mass is 377 g/mol. The van der Waals surface area contributed by atoms with Crippen LogP contribution in [0.15, 0.2) is 27.6 Å². The van der Waals surface area contributed by atoms with Crippen molar-refractivity contribution < 1.29 is 18.3 Å². The van der Waals surface area contributed by atoms with Crippen LogP contribution in [0.4, 0.5) is 0 Å². The van der Waals surface area contributed by atoms with Crippen molar-refractivity contribution in [1.29, 1.82) is 0 Å². The zero-order valence-electron chi connectivity index (χ0n) is 12.5. The zero-order chi connectivity index (χ0) is 16.4. The Kier molecular flexibility index (Phi) is 5.95. The van der Waals surface area contributed by atoms with Gasteiger partial charge in [0.15, 0.2) is 0 Å². The Balaban J connectivity index is 3.35. The van der Waals surface area contributed by atoms with E-state index >= 15 is 0 Å². The van der Waals surface area contributed by atoms with Gasteiger partial charge in [-0.05, 0) is 53.9 Å². The van der Waals surface area contributed by atoms with Crippen LogP contribution in [0.5, 0.6) is 0 Å². The SMILES string of the molecule is CC(C)CN(C(C)C)S(=O)(=O)c1ccc(Br)c(C(=O)O)c1. The van der Waals surface area contributed by atoms with E-state index in [1.165, 1.54) is 22.5 Å². The predicted molar refractivity (Wildman–Crippen MR) is 85.0 cm³/mol. The Morgan fingerprint density at radius 3 is 2.29 bits per heavy atom. The van der Waals surface area contributed by atoms with Gasteiger partial charge in [-0.2, -0.15) is 4.31 Å². The summed E-state index contributed by atoms with van der Waals surface area (Å²) in [4.78, 5) is 11.1. The maximum absolute atomic E-state index is 12.7. The molecule has 0 aliphatic carbocycles. The van der Waals surface area contributed by atoms with Crippen LogP contribution in [0.3, 0.4) is 0 Å². The van der Waals surface area contributed by atoms with Gasteiger partial charge >= 0.3 is 5.97 Å². The van der Waals surface area contributed by atoms with Crippen molar-refractivity contribution in [2.24, 2.45) is 5.92 Å². The molecule has 7 heteroatoms. The minimum atomic E-state index is -3.72. The number of rotatable bonds is 6. The highest BCUT2D eigenvalue weighted by Crippen LogP contribution is 2.25. The summed E-state index contributed by atoms with van der Waals surface area (Å²) in [5, 5.41) is 9.11. The molecule has 0 aromatic heterocycles. The lowest BCUT2D eigenvalue weighted by Crippen LogP contribution is -2.39. The molecule has 1 aromatic rings. The Morgan fingerprint density at radius 1 is 1.29 bits per heavy atom.